The Hall–Kier alpha value is -1.19. The number of imidazole rings is 1. The molecule has 1 aromatic heterocycles. The Balaban J connectivity index is 3.10. The zero-order valence-electron chi connectivity index (χ0n) is 6.41. The molecular weight excluding hydrogens is 147 g/mol. The fraction of sp³-hybridized carbons (Fsp3) is 0.429. The maximum atomic E-state index is 12.7. The summed E-state index contributed by atoms with van der Waals surface area (Å²) in [5.74, 6) is 0.254. The molecule has 0 spiro atoms. The Morgan fingerprint density at radius 3 is 2.73 bits per heavy atom. The molecule has 0 radical (unpaired) electrons. The summed E-state index contributed by atoms with van der Waals surface area (Å²) < 4.78 is 14.1. The lowest BCUT2D eigenvalue weighted by Gasteiger charge is -2.01. The maximum Gasteiger partial charge on any atom is 0.185 e. The van der Waals surface area contributed by atoms with Gasteiger partial charge in [-0.1, -0.05) is 0 Å². The highest BCUT2D eigenvalue weighted by atomic mass is 19.1. The zero-order chi connectivity index (χ0) is 8.43. The molecule has 0 aliphatic heterocycles. The largest absolute Gasteiger partial charge is 0.326 e. The number of rotatable bonds is 2. The minimum atomic E-state index is -1.08. The highest BCUT2D eigenvalue weighted by molar-refractivity contribution is 5.69. The molecule has 0 aromatic carbocycles. The van der Waals surface area contributed by atoms with Crippen LogP contribution in [0.2, 0.25) is 0 Å². The van der Waals surface area contributed by atoms with Crippen molar-refractivity contribution >= 4 is 6.29 Å². The van der Waals surface area contributed by atoms with Crippen LogP contribution >= 0.6 is 0 Å². The number of alkyl halides is 1. The first-order valence-electron chi connectivity index (χ1n) is 3.27. The van der Waals surface area contributed by atoms with E-state index in [0.29, 0.717) is 12.0 Å². The van der Waals surface area contributed by atoms with Gasteiger partial charge in [0.05, 0.1) is 11.9 Å². The lowest BCUT2D eigenvalue weighted by molar-refractivity contribution is 0.111. The Bertz CT molecular complexity index is 267. The van der Waals surface area contributed by atoms with Gasteiger partial charge in [-0.25, -0.2) is 9.37 Å². The van der Waals surface area contributed by atoms with Crippen LogP contribution in [0.4, 0.5) is 4.39 Å². The second kappa shape index (κ2) is 2.82. The number of halogens is 1. The van der Waals surface area contributed by atoms with Crippen molar-refractivity contribution in [2.45, 2.75) is 13.1 Å². The van der Waals surface area contributed by atoms with Crippen molar-refractivity contribution in [2.75, 3.05) is 0 Å². The molecule has 0 bridgehead atoms. The molecule has 4 heteroatoms. The van der Waals surface area contributed by atoms with Crippen molar-refractivity contribution in [3.8, 4) is 0 Å². The van der Waals surface area contributed by atoms with E-state index < -0.39 is 6.17 Å². The predicted octanol–water partition coefficient (Wildman–Crippen LogP) is 1.26. The monoisotopic (exact) mass is 156 g/mol. The molecule has 0 fully saturated rings. The van der Waals surface area contributed by atoms with Gasteiger partial charge in [-0.15, -0.1) is 0 Å². The Kier molecular flexibility index (Phi) is 2.03. The normalized spacial score (nSPS) is 13.0. The van der Waals surface area contributed by atoms with Gasteiger partial charge >= 0.3 is 0 Å². The van der Waals surface area contributed by atoms with Crippen LogP contribution in [0.15, 0.2) is 6.20 Å². The van der Waals surface area contributed by atoms with Crippen molar-refractivity contribution in [1.29, 1.82) is 0 Å². The Morgan fingerprint density at radius 1 is 1.82 bits per heavy atom. The predicted molar refractivity (Wildman–Crippen MR) is 38.1 cm³/mol. The quantitative estimate of drug-likeness (QED) is 0.604. The van der Waals surface area contributed by atoms with E-state index in [2.05, 4.69) is 4.98 Å². The molecule has 0 aliphatic rings. The van der Waals surface area contributed by atoms with E-state index in [1.807, 2.05) is 0 Å². The van der Waals surface area contributed by atoms with Crippen LogP contribution < -0.4 is 0 Å². The highest BCUT2D eigenvalue weighted by Gasteiger charge is 2.10. The van der Waals surface area contributed by atoms with Gasteiger partial charge < -0.3 is 4.57 Å². The average molecular weight is 156 g/mol. The summed E-state index contributed by atoms with van der Waals surface area (Å²) in [4.78, 5) is 14.0. The number of carbonyl (C=O) groups is 1. The number of carbonyl (C=O) groups excluding carboxylic acids is 1. The third-order valence-electron chi connectivity index (χ3n) is 1.57. The molecule has 1 rings (SSSR count). The first-order chi connectivity index (χ1) is 5.16. The van der Waals surface area contributed by atoms with E-state index in [9.17, 15) is 9.18 Å². The molecule has 3 nitrogen and oxygen atoms in total. The molecule has 0 N–H and O–H groups in total. The van der Waals surface area contributed by atoms with Crippen LogP contribution in [0, 0.1) is 0 Å². The van der Waals surface area contributed by atoms with Crippen LogP contribution in [0.1, 0.15) is 29.4 Å². The Labute approximate surface area is 63.9 Å². The average Bonchev–Trinajstić information content (AvgIpc) is 2.30. The van der Waals surface area contributed by atoms with E-state index in [1.54, 1.807) is 7.05 Å². The van der Waals surface area contributed by atoms with E-state index in [-0.39, 0.29) is 5.82 Å². The molecule has 1 heterocycles. The summed E-state index contributed by atoms with van der Waals surface area (Å²) in [5, 5.41) is 0. The number of aldehydes is 1. The van der Waals surface area contributed by atoms with Crippen molar-refractivity contribution in [3.05, 3.63) is 17.7 Å². The van der Waals surface area contributed by atoms with E-state index in [4.69, 9.17) is 0 Å². The van der Waals surface area contributed by atoms with E-state index in [0.717, 1.165) is 0 Å². The summed E-state index contributed by atoms with van der Waals surface area (Å²) in [6, 6.07) is 0. The van der Waals surface area contributed by atoms with E-state index in [1.165, 1.54) is 17.7 Å². The van der Waals surface area contributed by atoms with Gasteiger partial charge in [0.2, 0.25) is 0 Å². The smallest absolute Gasteiger partial charge is 0.185 e. The Morgan fingerprint density at radius 2 is 2.45 bits per heavy atom. The van der Waals surface area contributed by atoms with Crippen molar-refractivity contribution in [1.82, 2.24) is 9.55 Å². The minimum absolute atomic E-state index is 0.254. The van der Waals surface area contributed by atoms with Crippen LogP contribution in [-0.2, 0) is 7.05 Å². The molecule has 0 saturated heterocycles. The van der Waals surface area contributed by atoms with Gasteiger partial charge in [-0.2, -0.15) is 0 Å². The summed E-state index contributed by atoms with van der Waals surface area (Å²) >= 11 is 0. The zero-order valence-corrected chi connectivity index (χ0v) is 6.41. The number of hydrogen-bond donors (Lipinski definition) is 0. The molecule has 1 unspecified atom stereocenters. The lowest BCUT2D eigenvalue weighted by Crippen LogP contribution is -2.01. The van der Waals surface area contributed by atoms with Gasteiger partial charge in [0.25, 0.3) is 0 Å². The van der Waals surface area contributed by atoms with Gasteiger partial charge in [0.1, 0.15) is 6.17 Å². The molecule has 0 aliphatic carbocycles. The fourth-order valence-electron chi connectivity index (χ4n) is 0.917. The molecule has 60 valence electrons. The first-order valence-corrected chi connectivity index (χ1v) is 3.27. The molecule has 0 amide bonds. The molecular formula is C7H9FN2O. The van der Waals surface area contributed by atoms with Crippen molar-refractivity contribution in [2.24, 2.45) is 7.05 Å². The van der Waals surface area contributed by atoms with Crippen LogP contribution in [0.25, 0.3) is 0 Å². The van der Waals surface area contributed by atoms with Crippen LogP contribution in [-0.4, -0.2) is 15.8 Å². The molecule has 1 atom stereocenters. The summed E-state index contributed by atoms with van der Waals surface area (Å²) in [7, 11) is 1.61. The van der Waals surface area contributed by atoms with Crippen LogP contribution in [0.3, 0.4) is 0 Å². The number of nitrogens with zero attached hydrogens (tertiary/aromatic N) is 2. The summed E-state index contributed by atoms with van der Waals surface area (Å²) in [6.07, 6.45) is 0.890. The molecule has 11 heavy (non-hydrogen) atoms. The van der Waals surface area contributed by atoms with E-state index >= 15 is 0 Å². The summed E-state index contributed by atoms with van der Waals surface area (Å²) in [5.41, 5.74) is 0.423. The molecule has 1 aromatic rings. The first kappa shape index (κ1) is 7.91. The topological polar surface area (TPSA) is 34.9 Å². The summed E-state index contributed by atoms with van der Waals surface area (Å²) in [6.45, 7) is 1.41. The third kappa shape index (κ3) is 1.29. The third-order valence-corrected chi connectivity index (χ3v) is 1.57. The van der Waals surface area contributed by atoms with Crippen molar-refractivity contribution < 1.29 is 9.18 Å². The second-order valence-electron chi connectivity index (χ2n) is 2.33. The van der Waals surface area contributed by atoms with Gasteiger partial charge in [0, 0.05) is 7.05 Å². The highest BCUT2D eigenvalue weighted by Crippen LogP contribution is 2.15. The van der Waals surface area contributed by atoms with Gasteiger partial charge in [0.15, 0.2) is 12.1 Å². The molecule has 0 saturated carbocycles. The lowest BCUT2D eigenvalue weighted by atomic mass is 10.3. The number of hydrogen-bond acceptors (Lipinski definition) is 2. The standard InChI is InChI=1S/C7H9FN2O/c1-5(8)6-3-9-7(4-11)10(6)2/h3-5H,1-2H3. The second-order valence-corrected chi connectivity index (χ2v) is 2.33. The van der Waals surface area contributed by atoms with Crippen molar-refractivity contribution in [3.63, 3.8) is 0 Å². The fourth-order valence-corrected chi connectivity index (χ4v) is 0.917. The number of aromatic nitrogens is 2. The SMILES string of the molecule is CC(F)c1cnc(C=O)n1C. The minimum Gasteiger partial charge on any atom is -0.326 e. The maximum absolute atomic E-state index is 12.7. The van der Waals surface area contributed by atoms with Gasteiger partial charge in [-0.05, 0) is 6.92 Å². The van der Waals surface area contributed by atoms with Crippen LogP contribution in [0.5, 0.6) is 0 Å². The van der Waals surface area contributed by atoms with Gasteiger partial charge in [-0.3, -0.25) is 4.79 Å².